The average Bonchev–Trinajstić information content (AvgIpc) is 2.92. The van der Waals surface area contributed by atoms with Crippen LogP contribution in [0.4, 0.5) is 10.6 Å². The third-order valence-electron chi connectivity index (χ3n) is 3.09. The van der Waals surface area contributed by atoms with Crippen LogP contribution < -0.4 is 10.2 Å². The first-order valence-corrected chi connectivity index (χ1v) is 5.98. The molecule has 0 saturated carbocycles. The Labute approximate surface area is 115 Å². The molecule has 106 valence electrons. The maximum absolute atomic E-state index is 12.0. The molecule has 0 aliphatic carbocycles. The fourth-order valence-corrected chi connectivity index (χ4v) is 2.22. The van der Waals surface area contributed by atoms with Crippen molar-refractivity contribution in [2.75, 3.05) is 11.4 Å². The molecule has 2 rings (SSSR count). The molecule has 1 aromatic heterocycles. The van der Waals surface area contributed by atoms with E-state index >= 15 is 0 Å². The molecule has 0 spiro atoms. The summed E-state index contributed by atoms with van der Waals surface area (Å²) in [6.07, 6.45) is 1.16. The molecule has 2 heterocycles. The van der Waals surface area contributed by atoms with Gasteiger partial charge in [-0.2, -0.15) is 5.26 Å². The SMILES string of the molecule is CC(=O)OC(C)(C)C1CNC(=O)N1c1nocc1C#N. The van der Waals surface area contributed by atoms with Gasteiger partial charge in [0.05, 0.1) is 6.04 Å². The summed E-state index contributed by atoms with van der Waals surface area (Å²) in [6, 6.07) is 0.994. The van der Waals surface area contributed by atoms with Gasteiger partial charge in [-0.25, -0.2) is 4.79 Å². The second kappa shape index (κ2) is 4.85. The molecule has 1 atom stereocenters. The molecular formula is C12H14N4O4. The molecule has 1 N–H and O–H groups in total. The van der Waals surface area contributed by atoms with Gasteiger partial charge in [-0.3, -0.25) is 9.69 Å². The van der Waals surface area contributed by atoms with E-state index in [0.29, 0.717) is 0 Å². The molecule has 0 aromatic carbocycles. The highest BCUT2D eigenvalue weighted by molar-refractivity contribution is 5.95. The summed E-state index contributed by atoms with van der Waals surface area (Å²) >= 11 is 0. The normalized spacial score (nSPS) is 18.6. The molecule has 20 heavy (non-hydrogen) atoms. The van der Waals surface area contributed by atoms with Gasteiger partial charge in [0.25, 0.3) is 0 Å². The molecule has 1 aromatic rings. The molecule has 1 unspecified atom stereocenters. The van der Waals surface area contributed by atoms with Gasteiger partial charge >= 0.3 is 12.0 Å². The van der Waals surface area contributed by atoms with Gasteiger partial charge in [0.15, 0.2) is 5.82 Å². The topological polar surface area (TPSA) is 108 Å². The molecule has 0 bridgehead atoms. The molecule has 2 amide bonds. The van der Waals surface area contributed by atoms with Gasteiger partial charge in [-0.15, -0.1) is 0 Å². The van der Waals surface area contributed by atoms with E-state index < -0.39 is 23.6 Å². The first-order valence-electron chi connectivity index (χ1n) is 5.98. The predicted molar refractivity (Wildman–Crippen MR) is 66.7 cm³/mol. The summed E-state index contributed by atoms with van der Waals surface area (Å²) in [6.45, 7) is 4.96. The third kappa shape index (κ3) is 2.30. The number of nitriles is 1. The number of carbonyl (C=O) groups excluding carboxylic acids is 2. The molecule has 1 aliphatic rings. The number of nitrogens with one attached hydrogen (secondary N) is 1. The number of amides is 2. The van der Waals surface area contributed by atoms with Crippen molar-refractivity contribution >= 4 is 17.8 Å². The quantitative estimate of drug-likeness (QED) is 0.818. The smallest absolute Gasteiger partial charge is 0.323 e. The number of hydrogen-bond acceptors (Lipinski definition) is 6. The average molecular weight is 278 g/mol. The fraction of sp³-hybridized carbons (Fsp3) is 0.500. The minimum Gasteiger partial charge on any atom is -0.458 e. The zero-order valence-corrected chi connectivity index (χ0v) is 11.3. The van der Waals surface area contributed by atoms with E-state index in [9.17, 15) is 9.59 Å². The van der Waals surface area contributed by atoms with Crippen molar-refractivity contribution in [3.8, 4) is 6.07 Å². The Balaban J connectivity index is 2.37. The minimum atomic E-state index is -0.934. The second-order valence-electron chi connectivity index (χ2n) is 4.93. The number of ether oxygens (including phenoxy) is 1. The highest BCUT2D eigenvalue weighted by Crippen LogP contribution is 2.30. The fourth-order valence-electron chi connectivity index (χ4n) is 2.22. The predicted octanol–water partition coefficient (Wildman–Crippen LogP) is 0.786. The lowest BCUT2D eigenvalue weighted by molar-refractivity contribution is -0.155. The maximum atomic E-state index is 12.0. The van der Waals surface area contributed by atoms with Crippen LogP contribution in [0.2, 0.25) is 0 Å². The summed E-state index contributed by atoms with van der Waals surface area (Å²) in [4.78, 5) is 24.4. The Morgan fingerprint density at radius 2 is 2.40 bits per heavy atom. The molecule has 1 fully saturated rings. The van der Waals surface area contributed by atoms with E-state index in [1.54, 1.807) is 13.8 Å². The van der Waals surface area contributed by atoms with Crippen molar-refractivity contribution in [3.63, 3.8) is 0 Å². The number of esters is 1. The molecular weight excluding hydrogens is 264 g/mol. The van der Waals surface area contributed by atoms with E-state index in [2.05, 4.69) is 10.5 Å². The molecule has 8 nitrogen and oxygen atoms in total. The van der Waals surface area contributed by atoms with Crippen molar-refractivity contribution in [1.82, 2.24) is 10.5 Å². The molecule has 1 saturated heterocycles. The lowest BCUT2D eigenvalue weighted by atomic mass is 9.98. The number of anilines is 1. The van der Waals surface area contributed by atoms with Crippen molar-refractivity contribution in [3.05, 3.63) is 11.8 Å². The monoisotopic (exact) mass is 278 g/mol. The number of rotatable bonds is 3. The summed E-state index contributed by atoms with van der Waals surface area (Å²) < 4.78 is 10.00. The largest absolute Gasteiger partial charge is 0.458 e. The van der Waals surface area contributed by atoms with Gasteiger partial charge in [0.2, 0.25) is 0 Å². The van der Waals surface area contributed by atoms with Gasteiger partial charge in [0, 0.05) is 13.5 Å². The summed E-state index contributed by atoms with van der Waals surface area (Å²) in [5.74, 6) is -0.331. The van der Waals surface area contributed by atoms with Crippen molar-refractivity contribution < 1.29 is 18.8 Å². The van der Waals surface area contributed by atoms with Gasteiger partial charge in [-0.1, -0.05) is 5.16 Å². The zero-order valence-electron chi connectivity index (χ0n) is 11.3. The van der Waals surface area contributed by atoms with Crippen LogP contribution in [-0.4, -0.2) is 35.3 Å². The number of carbonyl (C=O) groups is 2. The maximum Gasteiger partial charge on any atom is 0.323 e. The Bertz CT molecular complexity index is 587. The number of aromatic nitrogens is 1. The Kier molecular flexibility index (Phi) is 3.36. The first kappa shape index (κ1) is 13.9. The van der Waals surface area contributed by atoms with Crippen LogP contribution in [-0.2, 0) is 9.53 Å². The van der Waals surface area contributed by atoms with Crippen LogP contribution in [0.1, 0.15) is 26.3 Å². The first-order chi connectivity index (χ1) is 9.36. The molecule has 0 radical (unpaired) electrons. The Morgan fingerprint density at radius 3 is 3.00 bits per heavy atom. The van der Waals surface area contributed by atoms with E-state index in [-0.39, 0.29) is 17.9 Å². The van der Waals surface area contributed by atoms with Crippen molar-refractivity contribution in [2.24, 2.45) is 0 Å². The zero-order chi connectivity index (χ0) is 14.9. The van der Waals surface area contributed by atoms with Crippen LogP contribution in [0.5, 0.6) is 0 Å². The highest BCUT2D eigenvalue weighted by Gasteiger charge is 2.46. The minimum absolute atomic E-state index is 0.118. The van der Waals surface area contributed by atoms with Crippen LogP contribution in [0.3, 0.4) is 0 Å². The standard InChI is InChI=1S/C12H14N4O4/c1-7(17)20-12(2,3)9-5-14-11(18)16(9)10-8(4-13)6-19-15-10/h6,9H,5H2,1-3H3,(H,14,18). The second-order valence-corrected chi connectivity index (χ2v) is 4.93. The van der Waals surface area contributed by atoms with E-state index in [1.807, 2.05) is 6.07 Å². The van der Waals surface area contributed by atoms with Gasteiger partial charge in [-0.05, 0) is 13.8 Å². The van der Waals surface area contributed by atoms with Crippen LogP contribution >= 0.6 is 0 Å². The van der Waals surface area contributed by atoms with Gasteiger partial charge in [0.1, 0.15) is 23.5 Å². The van der Waals surface area contributed by atoms with E-state index in [0.717, 1.165) is 6.26 Å². The number of hydrogen-bond donors (Lipinski definition) is 1. The van der Waals surface area contributed by atoms with E-state index in [1.165, 1.54) is 11.8 Å². The Morgan fingerprint density at radius 1 is 1.70 bits per heavy atom. The third-order valence-corrected chi connectivity index (χ3v) is 3.09. The summed E-state index contributed by atoms with van der Waals surface area (Å²) in [7, 11) is 0. The van der Waals surface area contributed by atoms with Crippen molar-refractivity contribution in [1.29, 1.82) is 5.26 Å². The van der Waals surface area contributed by atoms with Crippen LogP contribution in [0, 0.1) is 11.3 Å². The van der Waals surface area contributed by atoms with E-state index in [4.69, 9.17) is 14.5 Å². The molecule has 8 heteroatoms. The number of urea groups is 1. The lowest BCUT2D eigenvalue weighted by Gasteiger charge is -2.34. The number of nitrogens with zero attached hydrogens (tertiary/aromatic N) is 3. The lowest BCUT2D eigenvalue weighted by Crippen LogP contribution is -2.51. The Hall–Kier alpha value is -2.56. The van der Waals surface area contributed by atoms with Crippen molar-refractivity contribution in [2.45, 2.75) is 32.4 Å². The van der Waals surface area contributed by atoms with Crippen LogP contribution in [0.25, 0.3) is 0 Å². The molecule has 1 aliphatic heterocycles. The summed E-state index contributed by atoms with van der Waals surface area (Å²) in [5, 5.41) is 15.3. The highest BCUT2D eigenvalue weighted by atomic mass is 16.6. The van der Waals surface area contributed by atoms with Gasteiger partial charge < -0.3 is 14.6 Å². The summed E-state index contributed by atoms with van der Waals surface area (Å²) in [5.41, 5.74) is -0.790. The van der Waals surface area contributed by atoms with Crippen LogP contribution in [0.15, 0.2) is 10.8 Å².